The lowest BCUT2D eigenvalue weighted by Crippen LogP contribution is -2.33. The predicted molar refractivity (Wildman–Crippen MR) is 66.4 cm³/mol. The van der Waals surface area contributed by atoms with Crippen molar-refractivity contribution in [3.05, 3.63) is 28.8 Å². The molecule has 0 saturated carbocycles. The summed E-state index contributed by atoms with van der Waals surface area (Å²) in [6, 6.07) is 4.86. The molecule has 0 saturated heterocycles. The molecule has 0 fully saturated rings. The number of nitrogens with two attached hydrogens (primary N) is 1. The number of anilines is 1. The van der Waals surface area contributed by atoms with Crippen LogP contribution in [0.1, 0.15) is 5.56 Å². The molecule has 0 radical (unpaired) electrons. The van der Waals surface area contributed by atoms with Crippen LogP contribution < -0.4 is 5.73 Å². The van der Waals surface area contributed by atoms with Crippen molar-refractivity contribution in [2.24, 2.45) is 0 Å². The summed E-state index contributed by atoms with van der Waals surface area (Å²) >= 11 is 5.76. The van der Waals surface area contributed by atoms with Gasteiger partial charge in [0.2, 0.25) is 0 Å². The maximum atomic E-state index is 10.6. The van der Waals surface area contributed by atoms with E-state index in [1.54, 1.807) is 18.2 Å². The summed E-state index contributed by atoms with van der Waals surface area (Å²) < 4.78 is 0. The summed E-state index contributed by atoms with van der Waals surface area (Å²) in [5.41, 5.74) is 6.70. The Morgan fingerprint density at radius 2 is 1.78 bits per heavy atom. The minimum absolute atomic E-state index is 0.181. The number of hydrogen-bond donors (Lipinski definition) is 3. The molecule has 0 heterocycles. The first-order valence-corrected chi connectivity index (χ1v) is 5.46. The smallest absolute Gasteiger partial charge is 0.317 e. The van der Waals surface area contributed by atoms with Crippen LogP contribution in [0.2, 0.25) is 5.02 Å². The van der Waals surface area contributed by atoms with Crippen LogP contribution in [0.15, 0.2) is 18.2 Å². The third kappa shape index (κ3) is 4.60. The average Bonchev–Trinajstić information content (AvgIpc) is 2.21. The van der Waals surface area contributed by atoms with E-state index in [1.807, 2.05) is 0 Å². The molecule has 0 aliphatic rings. The van der Waals surface area contributed by atoms with Gasteiger partial charge in [0.1, 0.15) is 0 Å². The molecule has 1 rings (SSSR count). The highest BCUT2D eigenvalue weighted by atomic mass is 35.5. The topological polar surface area (TPSA) is 104 Å². The highest BCUT2D eigenvalue weighted by Crippen LogP contribution is 2.20. The van der Waals surface area contributed by atoms with Crippen molar-refractivity contribution in [2.75, 3.05) is 18.8 Å². The molecule has 0 aliphatic heterocycles. The van der Waals surface area contributed by atoms with Crippen LogP contribution in [0.5, 0.6) is 0 Å². The number of carboxylic acids is 2. The second kappa shape index (κ2) is 6.23. The molecule has 0 unspecified atom stereocenters. The van der Waals surface area contributed by atoms with Crippen molar-refractivity contribution in [2.45, 2.75) is 6.54 Å². The van der Waals surface area contributed by atoms with Gasteiger partial charge in [-0.3, -0.25) is 14.5 Å². The minimum atomic E-state index is -1.09. The molecule has 1 aromatic rings. The Balaban J connectivity index is 2.77. The second-order valence-corrected chi connectivity index (χ2v) is 4.20. The van der Waals surface area contributed by atoms with E-state index in [9.17, 15) is 9.59 Å². The average molecular weight is 273 g/mol. The van der Waals surface area contributed by atoms with Crippen LogP contribution in [0.25, 0.3) is 0 Å². The Labute approximate surface area is 109 Å². The SMILES string of the molecule is Nc1cc(CN(CC(=O)O)CC(=O)O)ccc1Cl. The van der Waals surface area contributed by atoms with E-state index in [1.165, 1.54) is 4.90 Å². The fourth-order valence-electron chi connectivity index (χ4n) is 1.50. The molecule has 1 aromatic carbocycles. The van der Waals surface area contributed by atoms with Gasteiger partial charge in [-0.05, 0) is 17.7 Å². The standard InChI is InChI=1S/C11H13ClN2O4/c12-8-2-1-7(3-9(8)13)4-14(5-10(15)16)6-11(17)18/h1-3H,4-6,13H2,(H,15,16)(H,17,18). The van der Waals surface area contributed by atoms with E-state index in [0.717, 1.165) is 0 Å². The van der Waals surface area contributed by atoms with Crippen molar-refractivity contribution in [3.8, 4) is 0 Å². The van der Waals surface area contributed by atoms with E-state index >= 15 is 0 Å². The molecule has 98 valence electrons. The maximum Gasteiger partial charge on any atom is 0.317 e. The fraction of sp³-hybridized carbons (Fsp3) is 0.273. The zero-order valence-corrected chi connectivity index (χ0v) is 10.2. The Morgan fingerprint density at radius 3 is 2.22 bits per heavy atom. The minimum Gasteiger partial charge on any atom is -0.480 e. The fourth-order valence-corrected chi connectivity index (χ4v) is 1.62. The van der Waals surface area contributed by atoms with Gasteiger partial charge in [-0.2, -0.15) is 0 Å². The normalized spacial score (nSPS) is 10.6. The second-order valence-electron chi connectivity index (χ2n) is 3.79. The van der Waals surface area contributed by atoms with Crippen molar-refractivity contribution < 1.29 is 19.8 Å². The zero-order valence-electron chi connectivity index (χ0n) is 9.47. The number of carboxylic acid groups (broad SMARTS) is 2. The lowest BCUT2D eigenvalue weighted by Gasteiger charge is -2.18. The van der Waals surface area contributed by atoms with Crippen LogP contribution in [-0.4, -0.2) is 40.1 Å². The third-order valence-electron chi connectivity index (χ3n) is 2.18. The quantitative estimate of drug-likeness (QED) is 0.665. The molecule has 0 aromatic heterocycles. The van der Waals surface area contributed by atoms with Crippen LogP contribution in [0, 0.1) is 0 Å². The molecule has 0 atom stereocenters. The van der Waals surface area contributed by atoms with Gasteiger partial charge in [0.15, 0.2) is 0 Å². The molecule has 7 heteroatoms. The first-order chi connectivity index (χ1) is 8.38. The van der Waals surface area contributed by atoms with E-state index in [0.29, 0.717) is 16.3 Å². The highest BCUT2D eigenvalue weighted by molar-refractivity contribution is 6.33. The van der Waals surface area contributed by atoms with Gasteiger partial charge in [-0.1, -0.05) is 17.7 Å². The molecule has 18 heavy (non-hydrogen) atoms. The van der Waals surface area contributed by atoms with Gasteiger partial charge >= 0.3 is 11.9 Å². The molecule has 0 aliphatic carbocycles. The van der Waals surface area contributed by atoms with Gasteiger partial charge < -0.3 is 15.9 Å². The third-order valence-corrected chi connectivity index (χ3v) is 2.53. The van der Waals surface area contributed by atoms with E-state index < -0.39 is 11.9 Å². The van der Waals surface area contributed by atoms with E-state index in [4.69, 9.17) is 27.5 Å². The number of nitrogen functional groups attached to an aromatic ring is 1. The lowest BCUT2D eigenvalue weighted by molar-refractivity contribution is -0.142. The first kappa shape index (κ1) is 14.3. The predicted octanol–water partition coefficient (Wildman–Crippen LogP) is 0.893. The molecule has 0 amide bonds. The summed E-state index contributed by atoms with van der Waals surface area (Å²) in [5.74, 6) is -2.17. The molecule has 0 spiro atoms. The van der Waals surface area contributed by atoms with Crippen LogP contribution >= 0.6 is 11.6 Å². The zero-order chi connectivity index (χ0) is 13.7. The Bertz CT molecular complexity index is 448. The highest BCUT2D eigenvalue weighted by Gasteiger charge is 2.14. The lowest BCUT2D eigenvalue weighted by atomic mass is 10.2. The number of rotatable bonds is 6. The number of benzene rings is 1. The Morgan fingerprint density at radius 1 is 1.22 bits per heavy atom. The Kier molecular flexibility index (Phi) is 4.94. The number of halogens is 1. The summed E-state index contributed by atoms with van der Waals surface area (Å²) in [7, 11) is 0. The molecule has 4 N–H and O–H groups in total. The largest absolute Gasteiger partial charge is 0.480 e. The molecule has 6 nitrogen and oxygen atoms in total. The van der Waals surface area contributed by atoms with E-state index in [2.05, 4.69) is 0 Å². The van der Waals surface area contributed by atoms with Crippen molar-refractivity contribution >= 4 is 29.2 Å². The van der Waals surface area contributed by atoms with Gasteiger partial charge in [0.25, 0.3) is 0 Å². The summed E-state index contributed by atoms with van der Waals surface area (Å²) in [4.78, 5) is 22.5. The summed E-state index contributed by atoms with van der Waals surface area (Å²) in [6.45, 7) is -0.524. The first-order valence-electron chi connectivity index (χ1n) is 5.08. The number of carbonyl (C=O) groups is 2. The van der Waals surface area contributed by atoms with Crippen LogP contribution in [0.3, 0.4) is 0 Å². The summed E-state index contributed by atoms with van der Waals surface area (Å²) in [5, 5.41) is 17.8. The molecule has 0 bridgehead atoms. The van der Waals surface area contributed by atoms with Gasteiger partial charge in [0.05, 0.1) is 23.8 Å². The van der Waals surface area contributed by atoms with Gasteiger partial charge in [-0.25, -0.2) is 0 Å². The van der Waals surface area contributed by atoms with Crippen molar-refractivity contribution in [3.63, 3.8) is 0 Å². The maximum absolute atomic E-state index is 10.6. The Hall–Kier alpha value is -1.79. The van der Waals surface area contributed by atoms with E-state index in [-0.39, 0.29) is 19.6 Å². The summed E-state index contributed by atoms with van der Waals surface area (Å²) in [6.07, 6.45) is 0. The van der Waals surface area contributed by atoms with Crippen LogP contribution in [-0.2, 0) is 16.1 Å². The monoisotopic (exact) mass is 272 g/mol. The molecular formula is C11H13ClN2O4. The van der Waals surface area contributed by atoms with Gasteiger partial charge in [0, 0.05) is 6.54 Å². The number of nitrogens with zero attached hydrogens (tertiary/aromatic N) is 1. The van der Waals surface area contributed by atoms with Crippen molar-refractivity contribution in [1.82, 2.24) is 4.90 Å². The molecular weight excluding hydrogens is 260 g/mol. The number of aliphatic carboxylic acids is 2. The van der Waals surface area contributed by atoms with Gasteiger partial charge in [-0.15, -0.1) is 0 Å². The van der Waals surface area contributed by atoms with Crippen LogP contribution in [0.4, 0.5) is 5.69 Å². The van der Waals surface area contributed by atoms with Crippen molar-refractivity contribution in [1.29, 1.82) is 0 Å². The number of hydrogen-bond acceptors (Lipinski definition) is 4.